The Morgan fingerprint density at radius 3 is 2.62 bits per heavy atom. The van der Waals surface area contributed by atoms with Gasteiger partial charge in [-0.05, 0) is 36.4 Å². The predicted octanol–water partition coefficient (Wildman–Crippen LogP) is 4.67. The van der Waals surface area contributed by atoms with Crippen molar-refractivity contribution < 1.29 is 9.13 Å². The first-order valence-corrected chi connectivity index (χ1v) is 5.81. The smallest absolute Gasteiger partial charge is 0.166 e. The Kier molecular flexibility index (Phi) is 3.51. The third kappa shape index (κ3) is 2.77. The maximum Gasteiger partial charge on any atom is 0.166 e. The third-order valence-electron chi connectivity index (χ3n) is 1.94. The lowest BCUT2D eigenvalue weighted by Crippen LogP contribution is -1.88. The molecule has 0 N–H and O–H groups in total. The minimum atomic E-state index is -0.404. The normalized spacial score (nSPS) is 10.2. The molecule has 0 atom stereocenters. The van der Waals surface area contributed by atoms with Crippen LogP contribution in [-0.2, 0) is 0 Å². The summed E-state index contributed by atoms with van der Waals surface area (Å²) in [5.74, 6) is 0.356. The molecule has 0 radical (unpaired) electrons. The summed E-state index contributed by atoms with van der Waals surface area (Å²) in [6, 6.07) is 11.8. The van der Waals surface area contributed by atoms with Crippen LogP contribution < -0.4 is 4.74 Å². The van der Waals surface area contributed by atoms with E-state index in [-0.39, 0.29) is 5.75 Å². The van der Waals surface area contributed by atoms with Crippen molar-refractivity contribution in [3.05, 3.63) is 52.8 Å². The summed E-state index contributed by atoms with van der Waals surface area (Å²) in [4.78, 5) is 0.773. The van der Waals surface area contributed by atoms with E-state index in [9.17, 15) is 4.39 Å². The van der Waals surface area contributed by atoms with Crippen LogP contribution in [0.15, 0.2) is 51.8 Å². The second kappa shape index (κ2) is 4.89. The van der Waals surface area contributed by atoms with Gasteiger partial charge in [0.2, 0.25) is 0 Å². The van der Waals surface area contributed by atoms with E-state index in [2.05, 4.69) is 28.6 Å². The molecule has 0 aliphatic carbocycles. The molecule has 0 amide bonds. The number of benzene rings is 2. The fraction of sp³-hybridized carbons (Fsp3) is 0. The van der Waals surface area contributed by atoms with Gasteiger partial charge in [0, 0.05) is 9.37 Å². The monoisotopic (exact) mass is 298 g/mol. The van der Waals surface area contributed by atoms with E-state index in [1.54, 1.807) is 30.3 Å². The van der Waals surface area contributed by atoms with Gasteiger partial charge in [0.15, 0.2) is 11.6 Å². The van der Waals surface area contributed by atoms with Gasteiger partial charge in [-0.1, -0.05) is 22.0 Å². The number of ether oxygens (including phenoxy) is 1. The zero-order valence-electron chi connectivity index (χ0n) is 8.15. The van der Waals surface area contributed by atoms with Crippen LogP contribution in [0.3, 0.4) is 0 Å². The lowest BCUT2D eigenvalue weighted by atomic mass is 10.3. The maximum atomic E-state index is 13.5. The van der Waals surface area contributed by atoms with E-state index in [4.69, 9.17) is 4.74 Å². The quantitative estimate of drug-likeness (QED) is 0.793. The Hall–Kier alpha value is -1.00. The van der Waals surface area contributed by atoms with Gasteiger partial charge < -0.3 is 4.74 Å². The van der Waals surface area contributed by atoms with Crippen molar-refractivity contribution in [3.8, 4) is 11.5 Å². The van der Waals surface area contributed by atoms with Gasteiger partial charge in [-0.15, -0.1) is 12.6 Å². The number of hydrogen-bond acceptors (Lipinski definition) is 2. The van der Waals surface area contributed by atoms with Crippen molar-refractivity contribution in [3.63, 3.8) is 0 Å². The molecular formula is C12H8BrFOS. The summed E-state index contributed by atoms with van der Waals surface area (Å²) in [6.07, 6.45) is 0. The molecule has 0 saturated carbocycles. The van der Waals surface area contributed by atoms with Crippen LogP contribution in [0.4, 0.5) is 4.39 Å². The Labute approximate surface area is 107 Å². The van der Waals surface area contributed by atoms with Crippen molar-refractivity contribution in [1.82, 2.24) is 0 Å². The maximum absolute atomic E-state index is 13.5. The van der Waals surface area contributed by atoms with Crippen molar-refractivity contribution in [1.29, 1.82) is 0 Å². The van der Waals surface area contributed by atoms with E-state index in [1.807, 2.05) is 6.07 Å². The van der Waals surface area contributed by atoms with Gasteiger partial charge in [0.1, 0.15) is 5.75 Å². The first-order chi connectivity index (χ1) is 7.65. The molecule has 2 aromatic rings. The SMILES string of the molecule is Fc1cc(Br)ccc1Oc1cccc(S)c1. The second-order valence-corrected chi connectivity index (χ2v) is 4.61. The molecule has 0 aliphatic heterocycles. The largest absolute Gasteiger partial charge is 0.454 e. The highest BCUT2D eigenvalue weighted by Crippen LogP contribution is 2.27. The predicted molar refractivity (Wildman–Crippen MR) is 67.9 cm³/mol. The molecule has 0 aliphatic rings. The summed E-state index contributed by atoms with van der Waals surface area (Å²) >= 11 is 7.37. The molecule has 0 heterocycles. The van der Waals surface area contributed by atoms with Crippen LogP contribution in [0, 0.1) is 5.82 Å². The van der Waals surface area contributed by atoms with Crippen LogP contribution >= 0.6 is 28.6 Å². The zero-order valence-corrected chi connectivity index (χ0v) is 10.6. The standard InChI is InChI=1S/C12H8BrFOS/c13-8-4-5-12(11(14)6-8)15-9-2-1-3-10(16)7-9/h1-7,16H. The molecule has 0 bridgehead atoms. The zero-order chi connectivity index (χ0) is 11.5. The molecule has 0 unspecified atom stereocenters. The number of thiol groups is 1. The molecule has 2 aromatic carbocycles. The molecule has 4 heteroatoms. The average molecular weight is 299 g/mol. The van der Waals surface area contributed by atoms with Crippen molar-refractivity contribution in [2.75, 3.05) is 0 Å². The Morgan fingerprint density at radius 2 is 1.94 bits per heavy atom. The van der Waals surface area contributed by atoms with Crippen LogP contribution in [0.1, 0.15) is 0 Å². The van der Waals surface area contributed by atoms with Gasteiger partial charge in [-0.2, -0.15) is 0 Å². The Bertz CT molecular complexity index is 516. The van der Waals surface area contributed by atoms with E-state index in [0.717, 1.165) is 4.90 Å². The number of rotatable bonds is 2. The molecule has 1 nitrogen and oxygen atoms in total. The van der Waals surface area contributed by atoms with E-state index < -0.39 is 5.82 Å². The molecular weight excluding hydrogens is 291 g/mol. The Balaban J connectivity index is 2.27. The molecule has 2 rings (SSSR count). The molecule has 0 aromatic heterocycles. The molecule has 0 fully saturated rings. The summed E-state index contributed by atoms with van der Waals surface area (Å²) in [5.41, 5.74) is 0. The van der Waals surface area contributed by atoms with Gasteiger partial charge in [-0.25, -0.2) is 4.39 Å². The second-order valence-electron chi connectivity index (χ2n) is 3.17. The van der Waals surface area contributed by atoms with Gasteiger partial charge in [0.05, 0.1) is 0 Å². The van der Waals surface area contributed by atoms with Gasteiger partial charge in [-0.3, -0.25) is 0 Å². The van der Waals surface area contributed by atoms with Crippen LogP contribution in [0.5, 0.6) is 11.5 Å². The van der Waals surface area contributed by atoms with Crippen molar-refractivity contribution >= 4 is 28.6 Å². The molecule has 0 spiro atoms. The first kappa shape index (κ1) is 11.5. The van der Waals surface area contributed by atoms with Crippen LogP contribution in [-0.4, -0.2) is 0 Å². The summed E-state index contributed by atoms with van der Waals surface area (Å²) in [7, 11) is 0. The van der Waals surface area contributed by atoms with E-state index in [1.165, 1.54) is 6.07 Å². The van der Waals surface area contributed by atoms with E-state index >= 15 is 0 Å². The van der Waals surface area contributed by atoms with Crippen molar-refractivity contribution in [2.45, 2.75) is 4.90 Å². The minimum Gasteiger partial charge on any atom is -0.454 e. The molecule has 0 saturated heterocycles. The lowest BCUT2D eigenvalue weighted by molar-refractivity contribution is 0.441. The highest BCUT2D eigenvalue weighted by molar-refractivity contribution is 9.10. The van der Waals surface area contributed by atoms with Gasteiger partial charge in [0.25, 0.3) is 0 Å². The third-order valence-corrected chi connectivity index (χ3v) is 2.71. The first-order valence-electron chi connectivity index (χ1n) is 4.57. The highest BCUT2D eigenvalue weighted by atomic mass is 79.9. The number of halogens is 2. The lowest BCUT2D eigenvalue weighted by Gasteiger charge is -2.07. The van der Waals surface area contributed by atoms with Crippen LogP contribution in [0.2, 0.25) is 0 Å². The fourth-order valence-electron chi connectivity index (χ4n) is 1.23. The van der Waals surface area contributed by atoms with Gasteiger partial charge >= 0.3 is 0 Å². The summed E-state index contributed by atoms with van der Waals surface area (Å²) in [6.45, 7) is 0. The van der Waals surface area contributed by atoms with E-state index in [0.29, 0.717) is 10.2 Å². The molecule has 16 heavy (non-hydrogen) atoms. The highest BCUT2D eigenvalue weighted by Gasteiger charge is 2.05. The number of hydrogen-bond donors (Lipinski definition) is 1. The minimum absolute atomic E-state index is 0.196. The van der Waals surface area contributed by atoms with Crippen LogP contribution in [0.25, 0.3) is 0 Å². The topological polar surface area (TPSA) is 9.23 Å². The Morgan fingerprint density at radius 1 is 1.12 bits per heavy atom. The van der Waals surface area contributed by atoms with Crippen molar-refractivity contribution in [2.24, 2.45) is 0 Å². The average Bonchev–Trinajstić information content (AvgIpc) is 2.22. The fourth-order valence-corrected chi connectivity index (χ4v) is 1.78. The summed E-state index contributed by atoms with van der Waals surface area (Å²) < 4.78 is 19.5. The summed E-state index contributed by atoms with van der Waals surface area (Å²) in [5, 5.41) is 0. The molecule has 82 valence electrons.